The fourth-order valence-electron chi connectivity index (χ4n) is 1.51. The van der Waals surface area contributed by atoms with Crippen LogP contribution < -0.4 is 9.47 Å². The lowest BCUT2D eigenvalue weighted by Gasteiger charge is -2.06. The first-order valence-electron chi connectivity index (χ1n) is 5.48. The largest absolute Gasteiger partial charge is 0.497 e. The van der Waals surface area contributed by atoms with Crippen molar-refractivity contribution in [2.45, 2.75) is 6.92 Å². The molecular formula is C14H13NO3. The van der Waals surface area contributed by atoms with Gasteiger partial charge in [-0.15, -0.1) is 0 Å². The second kappa shape index (κ2) is 5.31. The van der Waals surface area contributed by atoms with E-state index < -0.39 is 5.97 Å². The lowest BCUT2D eigenvalue weighted by Crippen LogP contribution is -2.10. The second-order valence-corrected chi connectivity index (χ2v) is 3.70. The van der Waals surface area contributed by atoms with Crippen LogP contribution in [0.25, 0.3) is 0 Å². The molecule has 0 aliphatic carbocycles. The molecule has 0 radical (unpaired) electrons. The van der Waals surface area contributed by atoms with Crippen molar-refractivity contribution in [1.82, 2.24) is 4.98 Å². The third kappa shape index (κ3) is 2.66. The summed E-state index contributed by atoms with van der Waals surface area (Å²) < 4.78 is 10.3. The number of nitrogens with zero attached hydrogens (tertiary/aromatic N) is 1. The van der Waals surface area contributed by atoms with Crippen LogP contribution in [0, 0.1) is 6.92 Å². The average molecular weight is 243 g/mol. The molecule has 0 aliphatic heterocycles. The molecule has 1 aromatic carbocycles. The van der Waals surface area contributed by atoms with Gasteiger partial charge in [0.25, 0.3) is 0 Å². The number of carbonyl (C=O) groups excluding carboxylic acids is 1. The third-order valence-corrected chi connectivity index (χ3v) is 2.50. The molecule has 18 heavy (non-hydrogen) atoms. The number of pyridine rings is 1. The van der Waals surface area contributed by atoms with Crippen molar-refractivity contribution in [3.05, 3.63) is 53.9 Å². The molecule has 1 aromatic heterocycles. The smallest absolute Gasteiger partial charge is 0.345 e. The second-order valence-electron chi connectivity index (χ2n) is 3.70. The molecule has 0 amide bonds. The summed E-state index contributed by atoms with van der Waals surface area (Å²) in [6.45, 7) is 1.77. The van der Waals surface area contributed by atoms with Crippen LogP contribution in [0.4, 0.5) is 0 Å². The molecule has 0 N–H and O–H groups in total. The van der Waals surface area contributed by atoms with Crippen LogP contribution >= 0.6 is 0 Å². The number of hydrogen-bond acceptors (Lipinski definition) is 4. The lowest BCUT2D eigenvalue weighted by molar-refractivity contribution is 0.0733. The van der Waals surface area contributed by atoms with Gasteiger partial charge in [-0.25, -0.2) is 4.79 Å². The Kier molecular flexibility index (Phi) is 3.57. The molecule has 1 heterocycles. The van der Waals surface area contributed by atoms with Crippen molar-refractivity contribution in [3.63, 3.8) is 0 Å². The van der Waals surface area contributed by atoms with E-state index in [2.05, 4.69) is 4.98 Å². The van der Waals surface area contributed by atoms with Crippen molar-refractivity contribution in [2.75, 3.05) is 7.11 Å². The summed E-state index contributed by atoms with van der Waals surface area (Å²) in [7, 11) is 1.58. The van der Waals surface area contributed by atoms with Crippen LogP contribution in [-0.2, 0) is 0 Å². The fourth-order valence-corrected chi connectivity index (χ4v) is 1.51. The topological polar surface area (TPSA) is 48.4 Å². The molecule has 0 spiro atoms. The summed E-state index contributed by atoms with van der Waals surface area (Å²) in [5, 5.41) is 0. The van der Waals surface area contributed by atoms with Crippen LogP contribution in [0.5, 0.6) is 11.5 Å². The number of carbonyl (C=O) groups is 1. The normalized spacial score (nSPS) is 9.89. The van der Waals surface area contributed by atoms with Gasteiger partial charge < -0.3 is 9.47 Å². The number of methoxy groups -OCH3 is 1. The number of esters is 1. The Morgan fingerprint density at radius 2 is 1.78 bits per heavy atom. The van der Waals surface area contributed by atoms with Crippen molar-refractivity contribution < 1.29 is 14.3 Å². The van der Waals surface area contributed by atoms with E-state index in [1.54, 1.807) is 56.6 Å². The molecule has 4 heteroatoms. The highest BCUT2D eigenvalue weighted by atomic mass is 16.5. The summed E-state index contributed by atoms with van der Waals surface area (Å²) in [5.41, 5.74) is 1.12. The van der Waals surface area contributed by atoms with Gasteiger partial charge in [-0.05, 0) is 43.3 Å². The first-order valence-corrected chi connectivity index (χ1v) is 5.48. The molecule has 0 atom stereocenters. The van der Waals surface area contributed by atoms with Gasteiger partial charge in [0.05, 0.1) is 18.4 Å². The van der Waals surface area contributed by atoms with Crippen LogP contribution in [0.2, 0.25) is 0 Å². The number of aryl methyl sites for hydroxylation is 1. The van der Waals surface area contributed by atoms with Crippen molar-refractivity contribution >= 4 is 5.97 Å². The van der Waals surface area contributed by atoms with Crippen LogP contribution in [0.15, 0.2) is 42.6 Å². The molecule has 0 saturated heterocycles. The predicted octanol–water partition coefficient (Wildman–Crippen LogP) is 2.62. The SMILES string of the molecule is COc1ccc(OC(=O)c2cccnc2C)cc1. The molecule has 0 fully saturated rings. The summed E-state index contributed by atoms with van der Waals surface area (Å²) in [6.07, 6.45) is 1.64. The third-order valence-electron chi connectivity index (χ3n) is 2.50. The minimum atomic E-state index is -0.411. The van der Waals surface area contributed by atoms with Gasteiger partial charge in [-0.3, -0.25) is 4.98 Å². The number of rotatable bonds is 3. The number of ether oxygens (including phenoxy) is 2. The Morgan fingerprint density at radius 1 is 1.11 bits per heavy atom. The Labute approximate surface area is 105 Å². The van der Waals surface area contributed by atoms with Crippen molar-refractivity contribution in [1.29, 1.82) is 0 Å². The maximum atomic E-state index is 11.9. The van der Waals surface area contributed by atoms with Crippen LogP contribution in [0.3, 0.4) is 0 Å². The minimum Gasteiger partial charge on any atom is -0.497 e. The molecule has 2 aromatic rings. The Morgan fingerprint density at radius 3 is 2.39 bits per heavy atom. The van der Waals surface area contributed by atoms with E-state index >= 15 is 0 Å². The van der Waals surface area contributed by atoms with E-state index in [1.807, 2.05) is 0 Å². The number of aromatic nitrogens is 1. The van der Waals surface area contributed by atoms with E-state index in [9.17, 15) is 4.79 Å². The van der Waals surface area contributed by atoms with Crippen LogP contribution in [0.1, 0.15) is 16.1 Å². The van der Waals surface area contributed by atoms with E-state index in [-0.39, 0.29) is 0 Å². The van der Waals surface area contributed by atoms with Crippen molar-refractivity contribution in [2.24, 2.45) is 0 Å². The standard InChI is InChI=1S/C14H13NO3/c1-10-13(4-3-9-15-10)14(16)18-12-7-5-11(17-2)6-8-12/h3-9H,1-2H3. The van der Waals surface area contributed by atoms with Gasteiger partial charge in [-0.1, -0.05) is 0 Å². The Bertz CT molecular complexity index is 549. The first kappa shape index (κ1) is 12.1. The minimum absolute atomic E-state index is 0.411. The van der Waals surface area contributed by atoms with Gasteiger partial charge in [0.15, 0.2) is 0 Å². The monoisotopic (exact) mass is 243 g/mol. The zero-order valence-corrected chi connectivity index (χ0v) is 10.2. The van der Waals surface area contributed by atoms with Gasteiger partial charge in [0.2, 0.25) is 0 Å². The zero-order chi connectivity index (χ0) is 13.0. The average Bonchev–Trinajstić information content (AvgIpc) is 2.40. The maximum Gasteiger partial charge on any atom is 0.345 e. The summed E-state index contributed by atoms with van der Waals surface area (Å²) >= 11 is 0. The molecule has 0 saturated carbocycles. The van der Waals surface area contributed by atoms with E-state index in [0.717, 1.165) is 0 Å². The highest BCUT2D eigenvalue weighted by Gasteiger charge is 2.11. The molecule has 2 rings (SSSR count). The number of benzene rings is 1. The maximum absolute atomic E-state index is 11.9. The molecule has 0 bridgehead atoms. The van der Waals surface area contributed by atoms with Gasteiger partial charge in [0.1, 0.15) is 11.5 Å². The summed E-state index contributed by atoms with van der Waals surface area (Å²) in [5.74, 6) is 0.780. The Balaban J connectivity index is 2.14. The molecule has 92 valence electrons. The predicted molar refractivity (Wildman–Crippen MR) is 66.9 cm³/mol. The Hall–Kier alpha value is -2.36. The van der Waals surface area contributed by atoms with Gasteiger partial charge >= 0.3 is 5.97 Å². The summed E-state index contributed by atoms with van der Waals surface area (Å²) in [4.78, 5) is 15.9. The highest BCUT2D eigenvalue weighted by molar-refractivity contribution is 5.92. The highest BCUT2D eigenvalue weighted by Crippen LogP contribution is 2.18. The summed E-state index contributed by atoms with van der Waals surface area (Å²) in [6, 6.07) is 10.2. The number of hydrogen-bond donors (Lipinski definition) is 0. The molecule has 4 nitrogen and oxygen atoms in total. The van der Waals surface area contributed by atoms with Crippen LogP contribution in [-0.4, -0.2) is 18.1 Å². The van der Waals surface area contributed by atoms with Gasteiger partial charge in [0, 0.05) is 6.20 Å². The van der Waals surface area contributed by atoms with E-state index in [0.29, 0.717) is 22.8 Å². The molecular weight excluding hydrogens is 230 g/mol. The fraction of sp³-hybridized carbons (Fsp3) is 0.143. The quantitative estimate of drug-likeness (QED) is 0.614. The molecule has 0 unspecified atom stereocenters. The van der Waals surface area contributed by atoms with Crippen molar-refractivity contribution in [3.8, 4) is 11.5 Å². The van der Waals surface area contributed by atoms with E-state index in [4.69, 9.17) is 9.47 Å². The van der Waals surface area contributed by atoms with E-state index in [1.165, 1.54) is 0 Å². The first-order chi connectivity index (χ1) is 8.70. The lowest BCUT2D eigenvalue weighted by atomic mass is 10.2. The molecule has 0 aliphatic rings. The zero-order valence-electron chi connectivity index (χ0n) is 10.2. The van der Waals surface area contributed by atoms with Gasteiger partial charge in [-0.2, -0.15) is 0 Å².